The van der Waals surface area contributed by atoms with Crippen LogP contribution in [0.3, 0.4) is 0 Å². The van der Waals surface area contributed by atoms with E-state index in [9.17, 15) is 0 Å². The largest absolute Gasteiger partial charge is 0.394 e. The van der Waals surface area contributed by atoms with E-state index in [0.29, 0.717) is 19.7 Å². The monoisotopic (exact) mass is 230 g/mol. The molecule has 5 nitrogen and oxygen atoms in total. The average Bonchev–Trinajstić information content (AvgIpc) is 2.06. The summed E-state index contributed by atoms with van der Waals surface area (Å²) in [7, 11) is 0. The summed E-state index contributed by atoms with van der Waals surface area (Å²) in [6.45, 7) is 0.987. The van der Waals surface area contributed by atoms with E-state index < -0.39 is 0 Å². The fourth-order valence-corrected chi connectivity index (χ4v) is 0.231. The fourth-order valence-electron chi connectivity index (χ4n) is 0.231. The zero-order valence-electron chi connectivity index (χ0n) is 5.90. The van der Waals surface area contributed by atoms with Gasteiger partial charge in [0.25, 0.3) is 0 Å². The van der Waals surface area contributed by atoms with Gasteiger partial charge in [-0.25, -0.2) is 0 Å². The Balaban J connectivity index is 0. The zero-order chi connectivity index (χ0) is 8.95. The van der Waals surface area contributed by atoms with Crippen molar-refractivity contribution < 1.29 is 23.6 Å². The Kier molecular flexibility index (Phi) is 20.0. The van der Waals surface area contributed by atoms with Crippen LogP contribution in [0.25, 0.3) is 0 Å². The maximum atomic E-state index is 8.90. The highest BCUT2D eigenvalue weighted by atomic mass is 79.9. The summed E-state index contributed by atoms with van der Waals surface area (Å²) >= 11 is 2.38. The lowest BCUT2D eigenvalue weighted by atomic mass is 10.7. The van der Waals surface area contributed by atoms with Crippen molar-refractivity contribution in [3.8, 4) is 0 Å². The summed E-state index contributed by atoms with van der Waals surface area (Å²) in [5.41, 5.74) is 0. The average molecular weight is 231 g/mol. The molecule has 0 aromatic rings. The Morgan fingerprint density at radius 3 is 1.82 bits per heavy atom. The van der Waals surface area contributed by atoms with Gasteiger partial charge in [0.2, 0.25) is 0 Å². The summed E-state index contributed by atoms with van der Waals surface area (Å²) in [5.74, 6) is 0. The van der Waals surface area contributed by atoms with Crippen molar-refractivity contribution in [2.75, 3.05) is 26.4 Å². The molecule has 0 fully saturated rings. The van der Waals surface area contributed by atoms with Crippen LogP contribution < -0.4 is 0 Å². The predicted octanol–water partition coefficient (Wildman–Crippen LogP) is -0.543. The summed E-state index contributed by atoms with van der Waals surface area (Å²) in [6, 6.07) is 0. The van der Waals surface area contributed by atoms with Crippen molar-refractivity contribution in [1.29, 1.82) is 0 Å². The summed E-state index contributed by atoms with van der Waals surface area (Å²) < 4.78 is 8.31. The number of rotatable bonds is 5. The Morgan fingerprint density at radius 2 is 1.64 bits per heavy atom. The number of carbonyl (C=O) groups excluding carboxylic acids is 1. The summed E-state index contributed by atoms with van der Waals surface area (Å²) in [4.78, 5) is 8.90. The third-order valence-corrected chi connectivity index (χ3v) is 0.660. The Morgan fingerprint density at radius 1 is 1.27 bits per heavy atom. The van der Waals surface area contributed by atoms with Crippen molar-refractivity contribution in [3.63, 3.8) is 0 Å². The molecule has 0 aliphatic rings. The molecular formula is C5H11BrO5. The number of carbonyl (C=O) groups is 1. The highest BCUT2D eigenvalue weighted by Gasteiger charge is 1.79. The minimum Gasteiger partial charge on any atom is -0.394 e. The van der Waals surface area contributed by atoms with Gasteiger partial charge in [-0.15, -0.1) is 0 Å². The van der Waals surface area contributed by atoms with Crippen molar-refractivity contribution in [1.82, 2.24) is 0 Å². The maximum Gasteiger partial charge on any atom is 0.304 e. The molecule has 0 rings (SSSR count). The molecule has 0 atom stereocenters. The molecule has 11 heavy (non-hydrogen) atoms. The number of aliphatic hydroxyl groups is 2. The maximum absolute atomic E-state index is 8.90. The molecule has 0 unspecified atom stereocenters. The van der Waals surface area contributed by atoms with Crippen LogP contribution in [-0.4, -0.2) is 43.1 Å². The molecule has 0 aliphatic carbocycles. The van der Waals surface area contributed by atoms with Gasteiger partial charge in [-0.2, -0.15) is 0 Å². The lowest BCUT2D eigenvalue weighted by molar-refractivity contribution is -0.118. The first-order valence-electron chi connectivity index (χ1n) is 2.84. The first-order valence-corrected chi connectivity index (χ1v) is 3.48. The van der Waals surface area contributed by atoms with Gasteiger partial charge in [0.05, 0.1) is 26.4 Å². The fraction of sp³-hybridized carbons (Fsp3) is 0.800. The molecule has 0 aliphatic heterocycles. The van der Waals surface area contributed by atoms with Gasteiger partial charge in [0.1, 0.15) is 0 Å². The second kappa shape index (κ2) is 16.4. The molecule has 0 radical (unpaired) electrons. The van der Waals surface area contributed by atoms with Gasteiger partial charge in [0.15, 0.2) is 16.3 Å². The molecule has 2 N–H and O–H groups in total. The molecule has 0 saturated heterocycles. The van der Waals surface area contributed by atoms with E-state index in [4.69, 9.17) is 15.0 Å². The Bertz CT molecular complexity index is 65.9. The quantitative estimate of drug-likeness (QED) is 0.490. The standard InChI is InChI=1S/C4H10O3.CHBrO2/c5-1-3-7-4-2-6;2-4-1-3/h5-6H,1-4H2;1H. The number of aliphatic hydroxyl groups excluding tert-OH is 2. The van der Waals surface area contributed by atoms with Crippen LogP contribution in [-0.2, 0) is 13.4 Å². The molecule has 6 heteroatoms. The van der Waals surface area contributed by atoms with E-state index in [1.54, 1.807) is 0 Å². The van der Waals surface area contributed by atoms with E-state index in [-0.39, 0.29) is 13.2 Å². The molecule has 0 aromatic carbocycles. The lowest BCUT2D eigenvalue weighted by Gasteiger charge is -1.94. The highest BCUT2D eigenvalue weighted by molar-refractivity contribution is 9.06. The third kappa shape index (κ3) is 25.8. The van der Waals surface area contributed by atoms with Crippen molar-refractivity contribution >= 4 is 22.7 Å². The lowest BCUT2D eigenvalue weighted by Crippen LogP contribution is -2.03. The van der Waals surface area contributed by atoms with E-state index in [0.717, 1.165) is 0 Å². The molecular weight excluding hydrogens is 220 g/mol. The molecule has 0 spiro atoms. The number of halogens is 1. The summed E-state index contributed by atoms with van der Waals surface area (Å²) in [6.07, 6.45) is 0. The second-order valence-corrected chi connectivity index (χ2v) is 1.62. The van der Waals surface area contributed by atoms with E-state index in [1.807, 2.05) is 0 Å². The third-order valence-electron chi connectivity index (χ3n) is 0.508. The first kappa shape index (κ1) is 13.4. The van der Waals surface area contributed by atoms with Gasteiger partial charge in [-0.3, -0.25) is 4.79 Å². The minimum absolute atomic E-state index is 0.0278. The SMILES string of the molecule is O=COBr.OCCOCCO. The second-order valence-electron chi connectivity index (χ2n) is 1.24. The zero-order valence-corrected chi connectivity index (χ0v) is 7.49. The van der Waals surface area contributed by atoms with Crippen LogP contribution in [0.4, 0.5) is 0 Å². The minimum atomic E-state index is 0.0278. The first-order chi connectivity index (χ1) is 5.33. The number of ether oxygens (including phenoxy) is 1. The molecule has 0 heterocycles. The molecule has 0 bridgehead atoms. The highest BCUT2D eigenvalue weighted by Crippen LogP contribution is 1.70. The van der Waals surface area contributed by atoms with Crippen LogP contribution in [0.5, 0.6) is 0 Å². The topological polar surface area (TPSA) is 76.0 Å². The Labute approximate surface area is 73.4 Å². The van der Waals surface area contributed by atoms with Crippen LogP contribution >= 0.6 is 16.3 Å². The van der Waals surface area contributed by atoms with Crippen molar-refractivity contribution in [2.24, 2.45) is 0 Å². The van der Waals surface area contributed by atoms with Crippen LogP contribution in [0.15, 0.2) is 0 Å². The smallest absolute Gasteiger partial charge is 0.304 e. The molecule has 0 aromatic heterocycles. The van der Waals surface area contributed by atoms with Gasteiger partial charge < -0.3 is 18.8 Å². The van der Waals surface area contributed by atoms with Crippen molar-refractivity contribution in [2.45, 2.75) is 0 Å². The normalized spacial score (nSPS) is 7.91. The van der Waals surface area contributed by atoms with Crippen LogP contribution in [0, 0.1) is 0 Å². The van der Waals surface area contributed by atoms with Crippen molar-refractivity contribution in [3.05, 3.63) is 0 Å². The van der Waals surface area contributed by atoms with Crippen LogP contribution in [0.2, 0.25) is 0 Å². The number of hydrogen-bond donors (Lipinski definition) is 2. The van der Waals surface area contributed by atoms with E-state index >= 15 is 0 Å². The van der Waals surface area contributed by atoms with E-state index in [2.05, 4.69) is 24.8 Å². The molecule has 0 saturated carbocycles. The van der Waals surface area contributed by atoms with E-state index in [1.165, 1.54) is 0 Å². The van der Waals surface area contributed by atoms with Gasteiger partial charge in [-0.1, -0.05) is 0 Å². The van der Waals surface area contributed by atoms with Crippen LogP contribution in [0.1, 0.15) is 0 Å². The predicted molar refractivity (Wildman–Crippen MR) is 41.1 cm³/mol. The molecule has 68 valence electrons. The van der Waals surface area contributed by atoms with Gasteiger partial charge in [-0.05, 0) is 0 Å². The Hall–Kier alpha value is -0.170. The molecule has 0 amide bonds. The number of hydrogen-bond acceptors (Lipinski definition) is 5. The van der Waals surface area contributed by atoms with Gasteiger partial charge >= 0.3 is 6.47 Å². The van der Waals surface area contributed by atoms with Gasteiger partial charge in [0, 0.05) is 0 Å². The summed E-state index contributed by atoms with van der Waals surface area (Å²) in [5, 5.41) is 16.2.